The van der Waals surface area contributed by atoms with Gasteiger partial charge in [-0.1, -0.05) is 12.1 Å². The Morgan fingerprint density at radius 2 is 1.71 bits per heavy atom. The van der Waals surface area contributed by atoms with Crippen LogP contribution in [0, 0.1) is 0 Å². The van der Waals surface area contributed by atoms with Crippen LogP contribution in [-0.4, -0.2) is 31.1 Å². The third-order valence-electron chi connectivity index (χ3n) is 3.03. The highest BCUT2D eigenvalue weighted by Crippen LogP contribution is 2.50. The number of benzene rings is 1. The predicted octanol–water partition coefficient (Wildman–Crippen LogP) is 4.52. The van der Waals surface area contributed by atoms with Gasteiger partial charge in [0.2, 0.25) is 0 Å². The van der Waals surface area contributed by atoms with Crippen molar-refractivity contribution >= 4 is 5.97 Å². The fourth-order valence-corrected chi connectivity index (χ4v) is 1.85. The molecule has 1 aromatic carbocycles. The highest BCUT2D eigenvalue weighted by molar-refractivity contribution is 5.69. The van der Waals surface area contributed by atoms with Crippen molar-refractivity contribution in [3.63, 3.8) is 0 Å². The van der Waals surface area contributed by atoms with E-state index < -0.39 is 36.5 Å². The number of rotatable bonds is 6. The molecule has 1 atom stereocenters. The first-order valence-electron chi connectivity index (χ1n) is 6.45. The van der Waals surface area contributed by atoms with Gasteiger partial charge in [-0.2, -0.15) is 30.7 Å². The number of alkyl halides is 7. The molecule has 0 N–H and O–H groups in total. The van der Waals surface area contributed by atoms with Crippen molar-refractivity contribution in [1.29, 1.82) is 0 Å². The largest absolute Gasteiger partial charge is 0.459 e. The molecule has 1 rings (SSSR count). The van der Waals surface area contributed by atoms with Crippen LogP contribution in [0.3, 0.4) is 0 Å². The van der Waals surface area contributed by atoms with E-state index in [1.54, 1.807) is 0 Å². The van der Waals surface area contributed by atoms with E-state index in [0.717, 1.165) is 20.1 Å². The van der Waals surface area contributed by atoms with E-state index in [1.807, 2.05) is 0 Å². The quantitative estimate of drug-likeness (QED) is 0.424. The standard InChI is InChI=1S/C14H13F7O3/c1-8(22)24-10-5-3-4-9(6-10)11(23-2)7-12(15,16)13(17,18)14(19,20)21/h3-6,11H,7H2,1-2H3. The molecule has 0 aromatic heterocycles. The maximum atomic E-state index is 13.5. The van der Waals surface area contributed by atoms with E-state index in [0.29, 0.717) is 0 Å². The molecule has 1 aromatic rings. The van der Waals surface area contributed by atoms with E-state index >= 15 is 0 Å². The number of ether oxygens (including phenoxy) is 2. The summed E-state index contributed by atoms with van der Waals surface area (Å²) in [4.78, 5) is 10.8. The van der Waals surface area contributed by atoms with Crippen LogP contribution < -0.4 is 4.74 Å². The van der Waals surface area contributed by atoms with Crippen LogP contribution in [0.1, 0.15) is 25.0 Å². The average Bonchev–Trinajstić information content (AvgIpc) is 2.43. The van der Waals surface area contributed by atoms with Gasteiger partial charge in [0.05, 0.1) is 6.10 Å². The lowest BCUT2D eigenvalue weighted by molar-refractivity contribution is -0.358. The van der Waals surface area contributed by atoms with Gasteiger partial charge in [0, 0.05) is 20.5 Å². The molecule has 0 fully saturated rings. The molecule has 0 aliphatic rings. The first-order chi connectivity index (χ1) is 10.8. The van der Waals surface area contributed by atoms with Gasteiger partial charge in [-0.15, -0.1) is 0 Å². The van der Waals surface area contributed by atoms with Gasteiger partial charge in [0.15, 0.2) is 0 Å². The topological polar surface area (TPSA) is 35.5 Å². The Hall–Kier alpha value is -1.84. The first kappa shape index (κ1) is 20.2. The summed E-state index contributed by atoms with van der Waals surface area (Å²) in [6, 6.07) is 4.74. The summed E-state index contributed by atoms with van der Waals surface area (Å²) < 4.78 is 98.7. The van der Waals surface area contributed by atoms with E-state index in [4.69, 9.17) is 4.74 Å². The van der Waals surface area contributed by atoms with Crippen LogP contribution in [0.15, 0.2) is 24.3 Å². The smallest absolute Gasteiger partial charge is 0.427 e. The van der Waals surface area contributed by atoms with Crippen LogP contribution in [-0.2, 0) is 9.53 Å². The van der Waals surface area contributed by atoms with Gasteiger partial charge >= 0.3 is 24.0 Å². The molecule has 24 heavy (non-hydrogen) atoms. The van der Waals surface area contributed by atoms with Gasteiger partial charge in [-0.05, 0) is 17.7 Å². The Balaban J connectivity index is 3.09. The molecule has 1 unspecified atom stereocenters. The Bertz CT molecular complexity index is 584. The summed E-state index contributed by atoms with van der Waals surface area (Å²) in [5.41, 5.74) is -0.145. The van der Waals surface area contributed by atoms with E-state index in [1.165, 1.54) is 18.2 Å². The number of carbonyl (C=O) groups excluding carboxylic acids is 1. The maximum Gasteiger partial charge on any atom is 0.459 e. The van der Waals surface area contributed by atoms with Gasteiger partial charge in [-0.25, -0.2) is 0 Å². The Labute approximate surface area is 132 Å². The van der Waals surface area contributed by atoms with Crippen LogP contribution >= 0.6 is 0 Å². The molecular formula is C14H13F7O3. The molecule has 0 aliphatic carbocycles. The number of esters is 1. The average molecular weight is 362 g/mol. The maximum absolute atomic E-state index is 13.5. The number of hydrogen-bond donors (Lipinski definition) is 0. The molecule has 3 nitrogen and oxygen atoms in total. The third-order valence-corrected chi connectivity index (χ3v) is 3.03. The fraction of sp³-hybridized carbons (Fsp3) is 0.500. The van der Waals surface area contributed by atoms with Crippen LogP contribution in [0.5, 0.6) is 5.75 Å². The lowest BCUT2D eigenvalue weighted by Gasteiger charge is -2.30. The normalized spacial score (nSPS) is 14.4. The molecule has 0 heterocycles. The molecule has 0 radical (unpaired) electrons. The summed E-state index contributed by atoms with van der Waals surface area (Å²) in [6.07, 6.45) is -10.1. The number of methoxy groups -OCH3 is 1. The highest BCUT2D eigenvalue weighted by Gasteiger charge is 2.73. The van der Waals surface area contributed by atoms with Crippen molar-refractivity contribution in [3.05, 3.63) is 29.8 Å². The second-order valence-corrected chi connectivity index (χ2v) is 4.87. The molecular weight excluding hydrogens is 349 g/mol. The zero-order valence-corrected chi connectivity index (χ0v) is 12.5. The summed E-state index contributed by atoms with van der Waals surface area (Å²) >= 11 is 0. The Kier molecular flexibility index (Phi) is 5.86. The molecule has 0 saturated heterocycles. The van der Waals surface area contributed by atoms with Crippen molar-refractivity contribution in [1.82, 2.24) is 0 Å². The Morgan fingerprint density at radius 3 is 2.17 bits per heavy atom. The van der Waals surface area contributed by atoms with Gasteiger partial charge in [0.25, 0.3) is 0 Å². The number of carbonyl (C=O) groups is 1. The van der Waals surface area contributed by atoms with E-state index in [-0.39, 0.29) is 11.3 Å². The van der Waals surface area contributed by atoms with Crippen molar-refractivity contribution in [2.75, 3.05) is 7.11 Å². The minimum Gasteiger partial charge on any atom is -0.427 e. The van der Waals surface area contributed by atoms with Gasteiger partial charge in [0.1, 0.15) is 5.75 Å². The third kappa shape index (κ3) is 4.37. The number of halogens is 7. The molecule has 0 bridgehead atoms. The summed E-state index contributed by atoms with van der Waals surface area (Å²) in [5, 5.41) is 0. The summed E-state index contributed by atoms with van der Waals surface area (Å²) in [7, 11) is 0.880. The van der Waals surface area contributed by atoms with Crippen LogP contribution in [0.2, 0.25) is 0 Å². The highest BCUT2D eigenvalue weighted by atomic mass is 19.4. The zero-order valence-electron chi connectivity index (χ0n) is 12.5. The van der Waals surface area contributed by atoms with Gasteiger partial charge < -0.3 is 9.47 Å². The summed E-state index contributed by atoms with van der Waals surface area (Å²) in [5.74, 6) is -12.4. The van der Waals surface area contributed by atoms with E-state index in [9.17, 15) is 35.5 Å². The molecule has 0 saturated carbocycles. The molecule has 0 amide bonds. The SMILES string of the molecule is COC(CC(F)(F)C(F)(F)C(F)(F)F)c1cccc(OC(C)=O)c1. The molecule has 136 valence electrons. The minimum absolute atomic E-state index is 0.0899. The van der Waals surface area contributed by atoms with Gasteiger partial charge in [-0.3, -0.25) is 4.79 Å². The lowest BCUT2D eigenvalue weighted by atomic mass is 9.98. The van der Waals surface area contributed by atoms with Crippen LogP contribution in [0.4, 0.5) is 30.7 Å². The van der Waals surface area contributed by atoms with Crippen molar-refractivity contribution in [2.24, 2.45) is 0 Å². The molecule has 0 aliphatic heterocycles. The monoisotopic (exact) mass is 362 g/mol. The Morgan fingerprint density at radius 1 is 1.12 bits per heavy atom. The van der Waals surface area contributed by atoms with Crippen molar-refractivity contribution in [2.45, 2.75) is 37.5 Å². The molecule has 0 spiro atoms. The summed E-state index contributed by atoms with van der Waals surface area (Å²) in [6.45, 7) is 1.07. The van der Waals surface area contributed by atoms with Crippen molar-refractivity contribution in [3.8, 4) is 5.75 Å². The zero-order chi connectivity index (χ0) is 18.8. The number of hydrogen-bond acceptors (Lipinski definition) is 3. The van der Waals surface area contributed by atoms with E-state index in [2.05, 4.69) is 4.74 Å². The first-order valence-corrected chi connectivity index (χ1v) is 6.45. The second-order valence-electron chi connectivity index (χ2n) is 4.87. The fourth-order valence-electron chi connectivity index (χ4n) is 1.85. The lowest BCUT2D eigenvalue weighted by Crippen LogP contribution is -2.52. The molecule has 10 heteroatoms. The second kappa shape index (κ2) is 6.96. The predicted molar refractivity (Wildman–Crippen MR) is 68.1 cm³/mol. The van der Waals surface area contributed by atoms with Crippen LogP contribution in [0.25, 0.3) is 0 Å². The minimum atomic E-state index is -6.41. The van der Waals surface area contributed by atoms with Crippen molar-refractivity contribution < 1.29 is 45.0 Å².